The van der Waals surface area contributed by atoms with E-state index >= 15 is 0 Å². The Morgan fingerprint density at radius 1 is 1.25 bits per heavy atom. The van der Waals surface area contributed by atoms with Gasteiger partial charge in [-0.15, -0.1) is 0 Å². The zero-order valence-electron chi connectivity index (χ0n) is 11.5. The third-order valence-electron chi connectivity index (χ3n) is 4.46. The Labute approximate surface area is 119 Å². The number of nitrogens with zero attached hydrogens (tertiary/aromatic N) is 1. The van der Waals surface area contributed by atoms with E-state index in [2.05, 4.69) is 23.1 Å². The number of aliphatic hydroxyl groups excluding tert-OH is 2. The Kier molecular flexibility index (Phi) is 4.05. The predicted octanol–water partition coefficient (Wildman–Crippen LogP) is -0.507. The second-order valence-electron chi connectivity index (χ2n) is 5.60. The molecule has 5 heteroatoms. The van der Waals surface area contributed by atoms with Gasteiger partial charge in [-0.25, -0.2) is 0 Å². The molecule has 2 aliphatic heterocycles. The molecule has 3 rings (SSSR count). The molecule has 0 aromatic heterocycles. The van der Waals surface area contributed by atoms with Gasteiger partial charge in [0.1, 0.15) is 12.2 Å². The monoisotopic (exact) mass is 278 g/mol. The fourth-order valence-corrected chi connectivity index (χ4v) is 3.39. The van der Waals surface area contributed by atoms with Crippen molar-refractivity contribution in [1.29, 1.82) is 0 Å². The molecular formula is C15H22N2O3. The lowest BCUT2D eigenvalue weighted by atomic mass is 9.95. The minimum Gasteiger partial charge on any atom is -0.394 e. The zero-order valence-corrected chi connectivity index (χ0v) is 11.5. The van der Waals surface area contributed by atoms with Gasteiger partial charge in [-0.05, 0) is 17.5 Å². The quantitative estimate of drug-likeness (QED) is 0.694. The van der Waals surface area contributed by atoms with Crippen molar-refractivity contribution in [2.24, 2.45) is 5.73 Å². The topological polar surface area (TPSA) is 79.0 Å². The van der Waals surface area contributed by atoms with E-state index in [-0.39, 0.29) is 18.8 Å². The van der Waals surface area contributed by atoms with Crippen LogP contribution in [0.3, 0.4) is 0 Å². The van der Waals surface area contributed by atoms with Crippen LogP contribution >= 0.6 is 0 Å². The second kappa shape index (κ2) is 5.79. The average molecular weight is 278 g/mol. The Balaban J connectivity index is 1.79. The Hall–Kier alpha value is -0.980. The maximum atomic E-state index is 10.4. The van der Waals surface area contributed by atoms with Crippen molar-refractivity contribution < 1.29 is 14.9 Å². The molecule has 0 spiro atoms. The van der Waals surface area contributed by atoms with E-state index in [1.807, 2.05) is 6.07 Å². The molecule has 110 valence electrons. The molecule has 5 nitrogen and oxygen atoms in total. The van der Waals surface area contributed by atoms with Crippen LogP contribution in [0.5, 0.6) is 0 Å². The van der Waals surface area contributed by atoms with Crippen molar-refractivity contribution in [2.45, 2.75) is 37.3 Å². The van der Waals surface area contributed by atoms with Crippen LogP contribution in [0.25, 0.3) is 0 Å². The molecule has 0 aliphatic carbocycles. The van der Waals surface area contributed by atoms with Gasteiger partial charge in [0.25, 0.3) is 0 Å². The standard InChI is InChI=1S/C15H22N2O3/c16-7-12-14(15(19)13(9-18)20-12)17-6-5-10-3-1-2-4-11(10)8-17/h1-4,12-15,18-19H,5-9,16H2/t12-,13+,14-,15-/m1/s1. The highest BCUT2D eigenvalue weighted by Crippen LogP contribution is 2.29. The lowest BCUT2D eigenvalue weighted by molar-refractivity contribution is -0.0193. The zero-order chi connectivity index (χ0) is 14.1. The molecule has 0 unspecified atom stereocenters. The van der Waals surface area contributed by atoms with Gasteiger partial charge in [-0.2, -0.15) is 0 Å². The van der Waals surface area contributed by atoms with Gasteiger partial charge in [-0.1, -0.05) is 24.3 Å². The Morgan fingerprint density at radius 3 is 2.70 bits per heavy atom. The minimum atomic E-state index is -0.682. The van der Waals surface area contributed by atoms with E-state index in [9.17, 15) is 10.2 Å². The van der Waals surface area contributed by atoms with Crippen molar-refractivity contribution in [3.8, 4) is 0 Å². The summed E-state index contributed by atoms with van der Waals surface area (Å²) in [6.45, 7) is 1.88. The molecule has 1 aromatic rings. The maximum absolute atomic E-state index is 10.4. The van der Waals surface area contributed by atoms with Gasteiger partial charge in [0.05, 0.1) is 18.8 Å². The number of aliphatic hydroxyl groups is 2. The summed E-state index contributed by atoms with van der Waals surface area (Å²) in [7, 11) is 0. The number of rotatable bonds is 3. The van der Waals surface area contributed by atoms with Crippen LogP contribution in [0.4, 0.5) is 0 Å². The molecule has 4 N–H and O–H groups in total. The molecule has 0 bridgehead atoms. The van der Waals surface area contributed by atoms with E-state index in [1.165, 1.54) is 11.1 Å². The number of fused-ring (bicyclic) bond motifs is 1. The van der Waals surface area contributed by atoms with Crippen molar-refractivity contribution in [1.82, 2.24) is 4.90 Å². The summed E-state index contributed by atoms with van der Waals surface area (Å²) in [6.07, 6.45) is -0.447. The summed E-state index contributed by atoms with van der Waals surface area (Å²) in [5.74, 6) is 0. The summed E-state index contributed by atoms with van der Waals surface area (Å²) in [5, 5.41) is 19.6. The van der Waals surface area contributed by atoms with Gasteiger partial charge in [0.2, 0.25) is 0 Å². The van der Waals surface area contributed by atoms with E-state index in [0.717, 1.165) is 19.5 Å². The van der Waals surface area contributed by atoms with E-state index in [0.29, 0.717) is 6.54 Å². The summed E-state index contributed by atoms with van der Waals surface area (Å²) in [6, 6.07) is 8.26. The molecule has 1 aromatic carbocycles. The number of benzene rings is 1. The summed E-state index contributed by atoms with van der Waals surface area (Å²) < 4.78 is 5.66. The molecule has 1 fully saturated rings. The summed E-state index contributed by atoms with van der Waals surface area (Å²) in [5.41, 5.74) is 8.44. The Morgan fingerprint density at radius 2 is 2.00 bits per heavy atom. The molecule has 2 aliphatic rings. The van der Waals surface area contributed by atoms with Crippen LogP contribution in [0, 0.1) is 0 Å². The van der Waals surface area contributed by atoms with Gasteiger partial charge in [-0.3, -0.25) is 4.90 Å². The third kappa shape index (κ3) is 2.36. The van der Waals surface area contributed by atoms with Gasteiger partial charge >= 0.3 is 0 Å². The molecule has 0 amide bonds. The number of hydrogen-bond acceptors (Lipinski definition) is 5. The summed E-state index contributed by atoms with van der Waals surface area (Å²) >= 11 is 0. The van der Waals surface area contributed by atoms with E-state index in [4.69, 9.17) is 10.5 Å². The third-order valence-corrected chi connectivity index (χ3v) is 4.46. The van der Waals surface area contributed by atoms with E-state index < -0.39 is 12.2 Å². The predicted molar refractivity (Wildman–Crippen MR) is 75.2 cm³/mol. The minimum absolute atomic E-state index is 0.134. The highest BCUT2D eigenvalue weighted by atomic mass is 16.5. The van der Waals surface area contributed by atoms with Crippen molar-refractivity contribution in [3.05, 3.63) is 35.4 Å². The highest BCUT2D eigenvalue weighted by Gasteiger charge is 2.46. The van der Waals surface area contributed by atoms with Crippen molar-refractivity contribution in [2.75, 3.05) is 19.7 Å². The van der Waals surface area contributed by atoms with Crippen LogP contribution in [0.15, 0.2) is 24.3 Å². The molecule has 4 atom stereocenters. The Bertz CT molecular complexity index is 466. The van der Waals surface area contributed by atoms with Gasteiger partial charge < -0.3 is 20.7 Å². The fraction of sp³-hybridized carbons (Fsp3) is 0.600. The normalized spacial score (nSPS) is 34.1. The lowest BCUT2D eigenvalue weighted by Crippen LogP contribution is -2.51. The molecule has 1 saturated heterocycles. The van der Waals surface area contributed by atoms with Gasteiger partial charge in [0.15, 0.2) is 0 Å². The van der Waals surface area contributed by atoms with Gasteiger partial charge in [0, 0.05) is 19.6 Å². The van der Waals surface area contributed by atoms with Crippen LogP contribution < -0.4 is 5.73 Å². The molecule has 0 radical (unpaired) electrons. The molecular weight excluding hydrogens is 256 g/mol. The first-order valence-electron chi connectivity index (χ1n) is 7.20. The number of ether oxygens (including phenoxy) is 1. The second-order valence-corrected chi connectivity index (χ2v) is 5.60. The molecule has 2 heterocycles. The first-order chi connectivity index (χ1) is 9.74. The van der Waals surface area contributed by atoms with Crippen LogP contribution in [0.1, 0.15) is 11.1 Å². The van der Waals surface area contributed by atoms with Crippen LogP contribution in [-0.2, 0) is 17.7 Å². The fourth-order valence-electron chi connectivity index (χ4n) is 3.39. The number of nitrogens with two attached hydrogens (primary N) is 1. The average Bonchev–Trinajstić information content (AvgIpc) is 2.82. The van der Waals surface area contributed by atoms with Crippen molar-refractivity contribution in [3.63, 3.8) is 0 Å². The largest absolute Gasteiger partial charge is 0.394 e. The van der Waals surface area contributed by atoms with Crippen LogP contribution in [-0.4, -0.2) is 59.2 Å². The lowest BCUT2D eigenvalue weighted by Gasteiger charge is -2.36. The van der Waals surface area contributed by atoms with Crippen LogP contribution in [0.2, 0.25) is 0 Å². The smallest absolute Gasteiger partial charge is 0.109 e. The van der Waals surface area contributed by atoms with Crippen molar-refractivity contribution >= 4 is 0 Å². The highest BCUT2D eigenvalue weighted by molar-refractivity contribution is 5.29. The first-order valence-corrected chi connectivity index (χ1v) is 7.20. The van der Waals surface area contributed by atoms with E-state index in [1.54, 1.807) is 0 Å². The maximum Gasteiger partial charge on any atom is 0.109 e. The SMILES string of the molecule is NC[C@H]1O[C@@H](CO)[C@@H](O)[C@@H]1N1CCc2ccccc2C1. The number of hydrogen-bond donors (Lipinski definition) is 3. The molecule has 20 heavy (non-hydrogen) atoms. The molecule has 0 saturated carbocycles. The summed E-state index contributed by atoms with van der Waals surface area (Å²) in [4.78, 5) is 2.24. The first kappa shape index (κ1) is 14.0.